The van der Waals surface area contributed by atoms with Gasteiger partial charge in [-0.1, -0.05) is 0 Å². The molecule has 0 aromatic rings. The molecular weight excluding hydrogens is 206 g/mol. The van der Waals surface area contributed by atoms with E-state index in [1.807, 2.05) is 6.92 Å². The SMILES string of the molecule is CNC(C)C(=O)N1CCCC1C(=O)N(C)C. The van der Waals surface area contributed by atoms with E-state index in [-0.39, 0.29) is 23.9 Å². The summed E-state index contributed by atoms with van der Waals surface area (Å²) >= 11 is 0. The summed E-state index contributed by atoms with van der Waals surface area (Å²) < 4.78 is 0. The fourth-order valence-corrected chi connectivity index (χ4v) is 1.96. The van der Waals surface area contributed by atoms with Crippen molar-refractivity contribution in [1.82, 2.24) is 15.1 Å². The van der Waals surface area contributed by atoms with Crippen molar-refractivity contribution in [3.05, 3.63) is 0 Å². The second-order valence-electron chi connectivity index (χ2n) is 4.43. The highest BCUT2D eigenvalue weighted by Gasteiger charge is 2.36. The van der Waals surface area contributed by atoms with Gasteiger partial charge in [0.05, 0.1) is 6.04 Å². The highest BCUT2D eigenvalue weighted by molar-refractivity contribution is 5.90. The summed E-state index contributed by atoms with van der Waals surface area (Å²) in [5, 5.41) is 2.91. The zero-order valence-electron chi connectivity index (χ0n) is 10.5. The zero-order chi connectivity index (χ0) is 12.3. The van der Waals surface area contributed by atoms with Crippen molar-refractivity contribution < 1.29 is 9.59 Å². The summed E-state index contributed by atoms with van der Waals surface area (Å²) in [6, 6.07) is -0.492. The Morgan fingerprint density at radius 1 is 1.44 bits per heavy atom. The molecule has 16 heavy (non-hydrogen) atoms. The number of hydrogen-bond donors (Lipinski definition) is 1. The summed E-state index contributed by atoms with van der Waals surface area (Å²) in [6.07, 6.45) is 1.69. The molecule has 0 radical (unpaired) electrons. The van der Waals surface area contributed by atoms with Crippen molar-refractivity contribution in [2.24, 2.45) is 0 Å². The van der Waals surface area contributed by atoms with Crippen LogP contribution in [-0.2, 0) is 9.59 Å². The second kappa shape index (κ2) is 5.30. The van der Waals surface area contributed by atoms with Crippen LogP contribution in [0.25, 0.3) is 0 Å². The van der Waals surface area contributed by atoms with Crippen LogP contribution in [0.4, 0.5) is 0 Å². The Labute approximate surface area is 96.8 Å². The maximum absolute atomic E-state index is 12.0. The van der Waals surface area contributed by atoms with Gasteiger partial charge in [-0.15, -0.1) is 0 Å². The number of carbonyl (C=O) groups is 2. The first-order valence-corrected chi connectivity index (χ1v) is 5.68. The van der Waals surface area contributed by atoms with Crippen LogP contribution in [0, 0.1) is 0 Å². The van der Waals surface area contributed by atoms with Crippen LogP contribution in [0.5, 0.6) is 0 Å². The second-order valence-corrected chi connectivity index (χ2v) is 4.43. The number of hydrogen-bond acceptors (Lipinski definition) is 3. The number of rotatable bonds is 3. The smallest absolute Gasteiger partial charge is 0.244 e. The monoisotopic (exact) mass is 227 g/mol. The van der Waals surface area contributed by atoms with Crippen LogP contribution in [0.2, 0.25) is 0 Å². The Bertz CT molecular complexity index is 278. The lowest BCUT2D eigenvalue weighted by atomic mass is 10.2. The van der Waals surface area contributed by atoms with E-state index in [0.29, 0.717) is 6.54 Å². The lowest BCUT2D eigenvalue weighted by molar-refractivity contribution is -0.143. The molecule has 2 amide bonds. The molecule has 5 nitrogen and oxygen atoms in total. The molecule has 1 N–H and O–H groups in total. The first-order chi connectivity index (χ1) is 7.49. The van der Waals surface area contributed by atoms with Gasteiger partial charge in [0.15, 0.2) is 0 Å². The number of nitrogens with zero attached hydrogens (tertiary/aromatic N) is 2. The topological polar surface area (TPSA) is 52.7 Å². The minimum Gasteiger partial charge on any atom is -0.347 e. The molecular formula is C11H21N3O2. The van der Waals surface area contributed by atoms with Crippen LogP contribution in [0.1, 0.15) is 19.8 Å². The number of amides is 2. The maximum atomic E-state index is 12.0. The predicted octanol–water partition coefficient (Wildman–Crippen LogP) is -0.326. The average molecular weight is 227 g/mol. The molecule has 0 aliphatic carbocycles. The molecule has 1 aliphatic heterocycles. The quantitative estimate of drug-likeness (QED) is 0.718. The van der Waals surface area contributed by atoms with Gasteiger partial charge in [0.2, 0.25) is 11.8 Å². The van der Waals surface area contributed by atoms with Crippen LogP contribution < -0.4 is 5.32 Å². The highest BCUT2D eigenvalue weighted by atomic mass is 16.2. The van der Waals surface area contributed by atoms with Crippen molar-refractivity contribution >= 4 is 11.8 Å². The molecule has 92 valence electrons. The van der Waals surface area contributed by atoms with Gasteiger partial charge in [-0.05, 0) is 26.8 Å². The molecule has 2 unspecified atom stereocenters. The molecule has 0 bridgehead atoms. The molecule has 0 aromatic heterocycles. The lowest BCUT2D eigenvalue weighted by Crippen LogP contribution is -2.50. The molecule has 1 aliphatic rings. The molecule has 1 heterocycles. The van der Waals surface area contributed by atoms with Crippen molar-refractivity contribution in [2.75, 3.05) is 27.7 Å². The Balaban J connectivity index is 2.73. The first-order valence-electron chi connectivity index (χ1n) is 5.68. The third-order valence-electron chi connectivity index (χ3n) is 3.07. The van der Waals surface area contributed by atoms with Gasteiger partial charge in [-0.3, -0.25) is 9.59 Å². The van der Waals surface area contributed by atoms with Crippen LogP contribution in [-0.4, -0.2) is 61.4 Å². The van der Waals surface area contributed by atoms with E-state index in [1.165, 1.54) is 0 Å². The number of likely N-dealkylation sites (N-methyl/N-ethyl adjacent to an activating group) is 2. The van der Waals surface area contributed by atoms with E-state index in [9.17, 15) is 9.59 Å². The molecule has 0 aromatic carbocycles. The Kier molecular flexibility index (Phi) is 4.29. The average Bonchev–Trinajstić information content (AvgIpc) is 2.74. The highest BCUT2D eigenvalue weighted by Crippen LogP contribution is 2.19. The molecule has 2 atom stereocenters. The van der Waals surface area contributed by atoms with Gasteiger partial charge in [-0.25, -0.2) is 0 Å². The number of nitrogens with one attached hydrogen (secondary N) is 1. The number of likely N-dealkylation sites (tertiary alicyclic amines) is 1. The summed E-state index contributed by atoms with van der Waals surface area (Å²) in [5.74, 6) is 0.0364. The van der Waals surface area contributed by atoms with Gasteiger partial charge in [0.25, 0.3) is 0 Å². The van der Waals surface area contributed by atoms with Gasteiger partial charge in [0.1, 0.15) is 6.04 Å². The van der Waals surface area contributed by atoms with Crippen LogP contribution in [0.3, 0.4) is 0 Å². The van der Waals surface area contributed by atoms with Gasteiger partial charge in [0, 0.05) is 20.6 Å². The Morgan fingerprint density at radius 3 is 2.56 bits per heavy atom. The van der Waals surface area contributed by atoms with Gasteiger partial charge < -0.3 is 15.1 Å². The van der Waals surface area contributed by atoms with E-state index in [0.717, 1.165) is 12.8 Å². The first kappa shape index (κ1) is 13.0. The molecule has 1 rings (SSSR count). The van der Waals surface area contributed by atoms with Crippen molar-refractivity contribution in [1.29, 1.82) is 0 Å². The van der Waals surface area contributed by atoms with Crippen molar-refractivity contribution in [3.63, 3.8) is 0 Å². The zero-order valence-corrected chi connectivity index (χ0v) is 10.5. The molecule has 1 saturated heterocycles. The largest absolute Gasteiger partial charge is 0.347 e. The van der Waals surface area contributed by atoms with Crippen LogP contribution >= 0.6 is 0 Å². The molecule has 0 spiro atoms. The van der Waals surface area contributed by atoms with Crippen LogP contribution in [0.15, 0.2) is 0 Å². The standard InChI is InChI=1S/C11H21N3O2/c1-8(12-2)10(15)14-7-5-6-9(14)11(16)13(3)4/h8-9,12H,5-7H2,1-4H3. The summed E-state index contributed by atoms with van der Waals surface area (Å²) in [4.78, 5) is 27.1. The molecule has 1 fully saturated rings. The van der Waals surface area contributed by atoms with Crippen molar-refractivity contribution in [3.8, 4) is 0 Å². The maximum Gasteiger partial charge on any atom is 0.244 e. The van der Waals surface area contributed by atoms with E-state index in [4.69, 9.17) is 0 Å². The third-order valence-corrected chi connectivity index (χ3v) is 3.07. The predicted molar refractivity (Wildman–Crippen MR) is 62.0 cm³/mol. The normalized spacial score (nSPS) is 22.0. The fraction of sp³-hybridized carbons (Fsp3) is 0.818. The minimum atomic E-state index is -0.265. The van der Waals surface area contributed by atoms with E-state index in [2.05, 4.69) is 5.32 Å². The summed E-state index contributed by atoms with van der Waals surface area (Å²) in [6.45, 7) is 2.51. The summed E-state index contributed by atoms with van der Waals surface area (Å²) in [5.41, 5.74) is 0. The molecule has 5 heteroatoms. The minimum absolute atomic E-state index is 0.0141. The Hall–Kier alpha value is -1.10. The fourth-order valence-electron chi connectivity index (χ4n) is 1.96. The lowest BCUT2D eigenvalue weighted by Gasteiger charge is -2.28. The van der Waals surface area contributed by atoms with E-state index < -0.39 is 0 Å². The number of carbonyl (C=O) groups excluding carboxylic acids is 2. The van der Waals surface area contributed by atoms with Crippen molar-refractivity contribution in [2.45, 2.75) is 31.8 Å². The van der Waals surface area contributed by atoms with Gasteiger partial charge in [-0.2, -0.15) is 0 Å². The van der Waals surface area contributed by atoms with E-state index in [1.54, 1.807) is 30.9 Å². The van der Waals surface area contributed by atoms with E-state index >= 15 is 0 Å². The third kappa shape index (κ3) is 2.52. The Morgan fingerprint density at radius 2 is 2.06 bits per heavy atom. The molecule has 0 saturated carbocycles. The summed E-state index contributed by atoms with van der Waals surface area (Å²) in [7, 11) is 5.21. The van der Waals surface area contributed by atoms with Gasteiger partial charge >= 0.3 is 0 Å².